The lowest BCUT2D eigenvalue weighted by atomic mass is 10.1. The van der Waals surface area contributed by atoms with Crippen molar-refractivity contribution in [2.45, 2.75) is 70.8 Å². The van der Waals surface area contributed by atoms with Crippen LogP contribution in [0, 0.1) is 0 Å². The average Bonchev–Trinajstić information content (AvgIpc) is 2.70. The molecule has 0 saturated heterocycles. The SMILES string of the molecule is CCCCCCCCCCC(Oc1ccc(-c2ccccc2)cc1)C(=O)O. The summed E-state index contributed by atoms with van der Waals surface area (Å²) in [5.74, 6) is -0.272. The van der Waals surface area contributed by atoms with E-state index in [4.69, 9.17) is 4.74 Å². The summed E-state index contributed by atoms with van der Waals surface area (Å²) in [7, 11) is 0. The molecule has 0 amide bonds. The van der Waals surface area contributed by atoms with E-state index in [0.29, 0.717) is 12.2 Å². The quantitative estimate of drug-likeness (QED) is 0.399. The molecule has 0 aliphatic carbocycles. The molecule has 0 radical (unpaired) electrons. The lowest BCUT2D eigenvalue weighted by Gasteiger charge is -2.15. The molecule has 1 unspecified atom stereocenters. The van der Waals surface area contributed by atoms with Gasteiger partial charge >= 0.3 is 5.97 Å². The fourth-order valence-electron chi connectivity index (χ4n) is 3.22. The van der Waals surface area contributed by atoms with Crippen molar-refractivity contribution in [1.82, 2.24) is 0 Å². The van der Waals surface area contributed by atoms with Crippen molar-refractivity contribution in [3.8, 4) is 16.9 Å². The van der Waals surface area contributed by atoms with E-state index in [0.717, 1.165) is 24.0 Å². The van der Waals surface area contributed by atoms with E-state index >= 15 is 0 Å². The smallest absolute Gasteiger partial charge is 0.344 e. The van der Waals surface area contributed by atoms with Gasteiger partial charge in [0, 0.05) is 0 Å². The molecule has 0 spiro atoms. The normalized spacial score (nSPS) is 11.9. The third-order valence-electron chi connectivity index (χ3n) is 4.84. The maximum Gasteiger partial charge on any atom is 0.344 e. The van der Waals surface area contributed by atoms with Gasteiger partial charge in [-0.1, -0.05) is 94.3 Å². The topological polar surface area (TPSA) is 46.5 Å². The van der Waals surface area contributed by atoms with Crippen molar-refractivity contribution < 1.29 is 14.6 Å². The first-order chi connectivity index (χ1) is 13.2. The first-order valence-corrected chi connectivity index (χ1v) is 10.3. The van der Waals surface area contributed by atoms with Crippen LogP contribution >= 0.6 is 0 Å². The Morgan fingerprint density at radius 3 is 1.96 bits per heavy atom. The fraction of sp³-hybridized carbons (Fsp3) is 0.458. The second-order valence-electron chi connectivity index (χ2n) is 7.10. The fourth-order valence-corrected chi connectivity index (χ4v) is 3.22. The summed E-state index contributed by atoms with van der Waals surface area (Å²) in [6.07, 6.45) is 9.39. The van der Waals surface area contributed by atoms with Gasteiger partial charge in [0.1, 0.15) is 5.75 Å². The molecule has 1 atom stereocenters. The molecule has 0 aliphatic heterocycles. The van der Waals surface area contributed by atoms with Gasteiger partial charge in [0.05, 0.1) is 0 Å². The Balaban J connectivity index is 1.76. The highest BCUT2D eigenvalue weighted by Crippen LogP contribution is 2.23. The molecular weight excluding hydrogens is 336 g/mol. The number of benzene rings is 2. The molecule has 0 aliphatic rings. The summed E-state index contributed by atoms with van der Waals surface area (Å²) in [5.41, 5.74) is 2.23. The zero-order chi connectivity index (χ0) is 19.3. The summed E-state index contributed by atoms with van der Waals surface area (Å²) in [6.45, 7) is 2.22. The van der Waals surface area contributed by atoms with Gasteiger partial charge in [-0.15, -0.1) is 0 Å². The highest BCUT2D eigenvalue weighted by molar-refractivity contribution is 5.72. The van der Waals surface area contributed by atoms with Gasteiger partial charge in [-0.05, 0) is 36.1 Å². The van der Waals surface area contributed by atoms with Gasteiger partial charge < -0.3 is 9.84 Å². The van der Waals surface area contributed by atoms with Crippen LogP contribution in [-0.4, -0.2) is 17.2 Å². The standard InChI is InChI=1S/C24H32O3/c1-2-3-4-5-6-7-8-12-15-23(24(25)26)27-22-18-16-21(17-19-22)20-13-10-9-11-14-20/h9-11,13-14,16-19,23H,2-8,12,15H2,1H3,(H,25,26). The summed E-state index contributed by atoms with van der Waals surface area (Å²) in [5, 5.41) is 9.44. The van der Waals surface area contributed by atoms with Crippen LogP contribution in [0.1, 0.15) is 64.7 Å². The van der Waals surface area contributed by atoms with Crippen LogP contribution < -0.4 is 4.74 Å². The Bertz CT molecular complexity index is 649. The second kappa shape index (κ2) is 12.2. The minimum absolute atomic E-state index is 0.560. The summed E-state index contributed by atoms with van der Waals surface area (Å²) in [6, 6.07) is 17.8. The second-order valence-corrected chi connectivity index (χ2v) is 7.10. The van der Waals surface area contributed by atoms with Gasteiger partial charge in [-0.2, -0.15) is 0 Å². The van der Waals surface area contributed by atoms with Crippen LogP contribution in [0.3, 0.4) is 0 Å². The largest absolute Gasteiger partial charge is 0.479 e. The highest BCUT2D eigenvalue weighted by atomic mass is 16.5. The number of rotatable bonds is 13. The number of aliphatic carboxylic acids is 1. The molecule has 0 heterocycles. The Kier molecular flexibility index (Phi) is 9.47. The molecule has 27 heavy (non-hydrogen) atoms. The van der Waals surface area contributed by atoms with Crippen LogP contribution in [0.25, 0.3) is 11.1 Å². The number of unbranched alkanes of at least 4 members (excludes halogenated alkanes) is 7. The van der Waals surface area contributed by atoms with Gasteiger partial charge in [0.15, 0.2) is 6.10 Å². The lowest BCUT2D eigenvalue weighted by Crippen LogP contribution is -2.26. The predicted octanol–water partition coefficient (Wildman–Crippen LogP) is 6.72. The van der Waals surface area contributed by atoms with Crippen molar-refractivity contribution in [2.24, 2.45) is 0 Å². The number of carboxylic acids is 1. The van der Waals surface area contributed by atoms with Gasteiger partial charge in [-0.3, -0.25) is 0 Å². The van der Waals surface area contributed by atoms with E-state index in [1.54, 1.807) is 0 Å². The molecule has 3 heteroatoms. The first kappa shape index (κ1) is 21.0. The van der Waals surface area contributed by atoms with Crippen LogP contribution in [0.4, 0.5) is 0 Å². The molecule has 0 bridgehead atoms. The molecule has 0 aromatic heterocycles. The Morgan fingerprint density at radius 2 is 1.37 bits per heavy atom. The van der Waals surface area contributed by atoms with Crippen molar-refractivity contribution in [3.05, 3.63) is 54.6 Å². The first-order valence-electron chi connectivity index (χ1n) is 10.3. The van der Waals surface area contributed by atoms with Gasteiger partial charge in [0.25, 0.3) is 0 Å². The number of carbonyl (C=O) groups is 1. The van der Waals surface area contributed by atoms with E-state index < -0.39 is 12.1 Å². The summed E-state index contributed by atoms with van der Waals surface area (Å²) >= 11 is 0. The number of hydrogen-bond donors (Lipinski definition) is 1. The van der Waals surface area contributed by atoms with Crippen molar-refractivity contribution in [2.75, 3.05) is 0 Å². The molecule has 0 fully saturated rings. The number of carboxylic acid groups (broad SMARTS) is 1. The zero-order valence-electron chi connectivity index (χ0n) is 16.4. The molecule has 0 saturated carbocycles. The third-order valence-corrected chi connectivity index (χ3v) is 4.84. The molecule has 3 nitrogen and oxygen atoms in total. The summed E-state index contributed by atoms with van der Waals surface area (Å²) < 4.78 is 5.73. The molecule has 146 valence electrons. The monoisotopic (exact) mass is 368 g/mol. The minimum atomic E-state index is -0.884. The van der Waals surface area contributed by atoms with E-state index in [9.17, 15) is 9.90 Å². The lowest BCUT2D eigenvalue weighted by molar-refractivity contribution is -0.145. The van der Waals surface area contributed by atoms with Crippen LogP contribution in [0.2, 0.25) is 0 Å². The zero-order valence-corrected chi connectivity index (χ0v) is 16.4. The maximum atomic E-state index is 11.5. The van der Waals surface area contributed by atoms with E-state index in [2.05, 4.69) is 19.1 Å². The van der Waals surface area contributed by atoms with E-state index in [-0.39, 0.29) is 0 Å². The molecule has 1 N–H and O–H groups in total. The van der Waals surface area contributed by atoms with Crippen LogP contribution in [-0.2, 0) is 4.79 Å². The predicted molar refractivity (Wildman–Crippen MR) is 111 cm³/mol. The number of ether oxygens (including phenoxy) is 1. The van der Waals surface area contributed by atoms with Gasteiger partial charge in [0.2, 0.25) is 0 Å². The highest BCUT2D eigenvalue weighted by Gasteiger charge is 2.18. The maximum absolute atomic E-state index is 11.5. The molecule has 2 aromatic carbocycles. The van der Waals surface area contributed by atoms with Crippen molar-refractivity contribution >= 4 is 5.97 Å². The number of hydrogen-bond acceptors (Lipinski definition) is 2. The van der Waals surface area contributed by atoms with E-state index in [1.165, 1.54) is 38.5 Å². The molecular formula is C24H32O3. The Morgan fingerprint density at radius 1 is 0.815 bits per heavy atom. The van der Waals surface area contributed by atoms with Crippen LogP contribution in [0.15, 0.2) is 54.6 Å². The minimum Gasteiger partial charge on any atom is -0.479 e. The Labute approximate surface area is 163 Å². The van der Waals surface area contributed by atoms with Crippen molar-refractivity contribution in [3.63, 3.8) is 0 Å². The van der Waals surface area contributed by atoms with Gasteiger partial charge in [-0.25, -0.2) is 4.79 Å². The average molecular weight is 369 g/mol. The molecule has 2 aromatic rings. The van der Waals surface area contributed by atoms with Crippen molar-refractivity contribution in [1.29, 1.82) is 0 Å². The summed E-state index contributed by atoms with van der Waals surface area (Å²) in [4.78, 5) is 11.5. The Hall–Kier alpha value is -2.29. The third kappa shape index (κ3) is 7.86. The molecule has 2 rings (SSSR count). The van der Waals surface area contributed by atoms with E-state index in [1.807, 2.05) is 42.5 Å². The van der Waals surface area contributed by atoms with Crippen LogP contribution in [0.5, 0.6) is 5.75 Å².